The minimum atomic E-state index is -0.371. The number of carbonyl (C=O) groups is 1. The third kappa shape index (κ3) is 3.26. The lowest BCUT2D eigenvalue weighted by Crippen LogP contribution is -2.17. The van der Waals surface area contributed by atoms with Crippen molar-refractivity contribution in [2.24, 2.45) is 0 Å². The molecule has 6 heteroatoms. The summed E-state index contributed by atoms with van der Waals surface area (Å²) >= 11 is 0. The maximum atomic E-state index is 12.9. The predicted octanol–water partition coefficient (Wildman–Crippen LogP) is 3.50. The van der Waals surface area contributed by atoms with E-state index in [4.69, 9.17) is 9.47 Å². The zero-order chi connectivity index (χ0) is 19.0. The Kier molecular flexibility index (Phi) is 4.32. The number of aromatic nitrogens is 1. The van der Waals surface area contributed by atoms with Crippen LogP contribution < -0.4 is 20.3 Å². The number of hydrogen-bond acceptors (Lipinski definition) is 4. The number of rotatable bonds is 4. The van der Waals surface area contributed by atoms with Crippen molar-refractivity contribution < 1.29 is 14.3 Å². The Labute approximate surface area is 156 Å². The number of pyridine rings is 1. The standard InChI is InChI=1S/C21H20N2O4/c1-3-26-19-9-13-8-12(2)27-18(13)11-17(19)23-21(25)15-10-20(24)22-16-7-5-4-6-14(15)16/h4-7,9-12H,3,8H2,1-2H3,(H,22,24)(H,23,25)/t12-/m0/s1. The van der Waals surface area contributed by atoms with Crippen LogP contribution in [0.4, 0.5) is 5.69 Å². The van der Waals surface area contributed by atoms with E-state index in [1.807, 2.05) is 32.0 Å². The molecule has 3 aromatic rings. The van der Waals surface area contributed by atoms with Crippen molar-refractivity contribution >= 4 is 22.5 Å². The normalized spacial score (nSPS) is 15.3. The minimum absolute atomic E-state index is 0.0945. The summed E-state index contributed by atoms with van der Waals surface area (Å²) in [4.78, 5) is 27.6. The van der Waals surface area contributed by atoms with Gasteiger partial charge in [-0.1, -0.05) is 18.2 Å². The van der Waals surface area contributed by atoms with Crippen molar-refractivity contribution in [3.8, 4) is 11.5 Å². The molecule has 2 heterocycles. The molecule has 0 spiro atoms. The Hall–Kier alpha value is -3.28. The van der Waals surface area contributed by atoms with E-state index >= 15 is 0 Å². The summed E-state index contributed by atoms with van der Waals surface area (Å²) in [5.74, 6) is 0.970. The fourth-order valence-electron chi connectivity index (χ4n) is 3.39. The van der Waals surface area contributed by atoms with Gasteiger partial charge in [0.1, 0.15) is 17.6 Å². The largest absolute Gasteiger partial charge is 0.492 e. The molecule has 1 amide bonds. The molecule has 2 aromatic carbocycles. The quantitative estimate of drug-likeness (QED) is 0.742. The molecule has 0 saturated heterocycles. The highest BCUT2D eigenvalue weighted by atomic mass is 16.5. The van der Waals surface area contributed by atoms with Gasteiger partial charge in [0.2, 0.25) is 5.56 Å². The molecule has 0 bridgehead atoms. The van der Waals surface area contributed by atoms with Gasteiger partial charge in [0.25, 0.3) is 5.91 Å². The van der Waals surface area contributed by atoms with Crippen LogP contribution in [0, 0.1) is 0 Å². The summed E-state index contributed by atoms with van der Waals surface area (Å²) < 4.78 is 11.5. The van der Waals surface area contributed by atoms with Gasteiger partial charge in [-0.25, -0.2) is 0 Å². The van der Waals surface area contributed by atoms with Gasteiger partial charge in [-0.3, -0.25) is 9.59 Å². The van der Waals surface area contributed by atoms with Gasteiger partial charge >= 0.3 is 0 Å². The smallest absolute Gasteiger partial charge is 0.256 e. The highest BCUT2D eigenvalue weighted by Crippen LogP contribution is 2.38. The van der Waals surface area contributed by atoms with Crippen LogP contribution in [0.25, 0.3) is 10.9 Å². The third-order valence-corrected chi connectivity index (χ3v) is 4.54. The van der Waals surface area contributed by atoms with Crippen LogP contribution in [-0.2, 0) is 6.42 Å². The number of ether oxygens (including phenoxy) is 2. The van der Waals surface area contributed by atoms with E-state index in [-0.39, 0.29) is 17.6 Å². The Bertz CT molecular complexity index is 1090. The maximum Gasteiger partial charge on any atom is 0.256 e. The van der Waals surface area contributed by atoms with E-state index in [9.17, 15) is 9.59 Å². The molecule has 0 radical (unpaired) electrons. The summed E-state index contributed by atoms with van der Waals surface area (Å²) in [7, 11) is 0. The molecule has 1 aliphatic heterocycles. The summed E-state index contributed by atoms with van der Waals surface area (Å²) in [6, 6.07) is 12.2. The average Bonchev–Trinajstić information content (AvgIpc) is 3.00. The van der Waals surface area contributed by atoms with Gasteiger partial charge in [-0.2, -0.15) is 0 Å². The van der Waals surface area contributed by atoms with Crippen LogP contribution in [-0.4, -0.2) is 23.6 Å². The van der Waals surface area contributed by atoms with E-state index in [1.54, 1.807) is 18.2 Å². The van der Waals surface area contributed by atoms with Crippen LogP contribution >= 0.6 is 0 Å². The van der Waals surface area contributed by atoms with Crippen molar-refractivity contribution in [2.75, 3.05) is 11.9 Å². The molecular formula is C21H20N2O4. The molecule has 6 nitrogen and oxygen atoms in total. The summed E-state index contributed by atoms with van der Waals surface area (Å²) in [6.45, 7) is 4.37. The molecule has 0 unspecified atom stereocenters. The SMILES string of the molecule is CCOc1cc2c(cc1NC(=O)c1cc(=O)[nH]c3ccccc13)O[C@@H](C)C2. The fourth-order valence-corrected chi connectivity index (χ4v) is 3.39. The van der Waals surface area contributed by atoms with Gasteiger partial charge in [0, 0.05) is 35.0 Å². The Balaban J connectivity index is 1.74. The molecule has 2 N–H and O–H groups in total. The monoisotopic (exact) mass is 364 g/mol. The second kappa shape index (κ2) is 6.79. The van der Waals surface area contributed by atoms with Crippen LogP contribution in [0.2, 0.25) is 0 Å². The lowest BCUT2D eigenvalue weighted by atomic mass is 10.1. The van der Waals surface area contributed by atoms with Crippen LogP contribution in [0.15, 0.2) is 47.3 Å². The molecule has 1 aromatic heterocycles. The molecule has 4 rings (SSSR count). The van der Waals surface area contributed by atoms with Crippen LogP contribution in [0.5, 0.6) is 11.5 Å². The van der Waals surface area contributed by atoms with Crippen molar-refractivity contribution in [3.63, 3.8) is 0 Å². The van der Waals surface area contributed by atoms with Crippen molar-refractivity contribution in [3.05, 3.63) is 63.9 Å². The molecular weight excluding hydrogens is 344 g/mol. The number of para-hydroxylation sites is 1. The first-order valence-corrected chi connectivity index (χ1v) is 8.95. The van der Waals surface area contributed by atoms with Gasteiger partial charge in [0.15, 0.2) is 0 Å². The number of nitrogens with one attached hydrogen (secondary N) is 2. The van der Waals surface area contributed by atoms with Gasteiger partial charge in [-0.15, -0.1) is 0 Å². The van der Waals surface area contributed by atoms with Crippen molar-refractivity contribution in [1.29, 1.82) is 0 Å². The number of benzene rings is 2. The number of hydrogen-bond donors (Lipinski definition) is 2. The van der Waals surface area contributed by atoms with Gasteiger partial charge in [0.05, 0.1) is 17.9 Å². The maximum absolute atomic E-state index is 12.9. The number of H-pyrrole nitrogens is 1. The zero-order valence-electron chi connectivity index (χ0n) is 15.2. The van der Waals surface area contributed by atoms with E-state index < -0.39 is 0 Å². The molecule has 0 aliphatic carbocycles. The van der Waals surface area contributed by atoms with Crippen molar-refractivity contribution in [2.45, 2.75) is 26.4 Å². The number of carbonyl (C=O) groups excluding carboxylic acids is 1. The van der Waals surface area contributed by atoms with Gasteiger partial charge < -0.3 is 19.8 Å². The number of aromatic amines is 1. The second-order valence-corrected chi connectivity index (χ2v) is 6.57. The highest BCUT2D eigenvalue weighted by molar-refractivity contribution is 6.12. The number of fused-ring (bicyclic) bond motifs is 2. The topological polar surface area (TPSA) is 80.4 Å². The summed E-state index contributed by atoms with van der Waals surface area (Å²) in [6.07, 6.45) is 0.902. The van der Waals surface area contributed by atoms with Crippen LogP contribution in [0.3, 0.4) is 0 Å². The highest BCUT2D eigenvalue weighted by Gasteiger charge is 2.23. The fraction of sp³-hybridized carbons (Fsp3) is 0.238. The first-order valence-electron chi connectivity index (χ1n) is 8.95. The van der Waals surface area contributed by atoms with E-state index in [0.29, 0.717) is 34.5 Å². The van der Waals surface area contributed by atoms with Crippen LogP contribution in [0.1, 0.15) is 29.8 Å². The molecule has 1 aliphatic rings. The lowest BCUT2D eigenvalue weighted by Gasteiger charge is -2.14. The summed E-state index contributed by atoms with van der Waals surface area (Å²) in [5, 5.41) is 3.56. The zero-order valence-corrected chi connectivity index (χ0v) is 15.2. The predicted molar refractivity (Wildman–Crippen MR) is 104 cm³/mol. The van der Waals surface area contributed by atoms with Gasteiger partial charge in [-0.05, 0) is 26.0 Å². The average molecular weight is 364 g/mol. The van der Waals surface area contributed by atoms with E-state index in [1.165, 1.54) is 6.07 Å². The Morgan fingerprint density at radius 3 is 2.93 bits per heavy atom. The van der Waals surface area contributed by atoms with Crippen molar-refractivity contribution in [1.82, 2.24) is 4.98 Å². The lowest BCUT2D eigenvalue weighted by molar-refractivity contribution is 0.102. The second-order valence-electron chi connectivity index (χ2n) is 6.57. The third-order valence-electron chi connectivity index (χ3n) is 4.54. The van der Waals surface area contributed by atoms with E-state index in [0.717, 1.165) is 17.7 Å². The van der Waals surface area contributed by atoms with E-state index in [2.05, 4.69) is 10.3 Å². The Morgan fingerprint density at radius 1 is 1.30 bits per heavy atom. The molecule has 1 atom stereocenters. The molecule has 138 valence electrons. The molecule has 27 heavy (non-hydrogen) atoms. The number of amides is 1. The first-order chi connectivity index (χ1) is 13.0. The minimum Gasteiger partial charge on any atom is -0.492 e. The first kappa shape index (κ1) is 17.1. The molecule has 0 saturated carbocycles. The summed E-state index contributed by atoms with van der Waals surface area (Å²) in [5.41, 5.74) is 2.19. The molecule has 0 fully saturated rings. The number of anilines is 1. The Morgan fingerprint density at radius 2 is 2.11 bits per heavy atom.